The molecule has 33 heavy (non-hydrogen) atoms. The summed E-state index contributed by atoms with van der Waals surface area (Å²) in [7, 11) is 0. The molecule has 9 heteroatoms. The molecule has 0 aliphatic rings. The summed E-state index contributed by atoms with van der Waals surface area (Å²) in [5.41, 5.74) is 8.33. The van der Waals surface area contributed by atoms with Gasteiger partial charge in [0.15, 0.2) is 0 Å². The summed E-state index contributed by atoms with van der Waals surface area (Å²) in [6.45, 7) is 2.19. The van der Waals surface area contributed by atoms with E-state index in [2.05, 4.69) is 20.6 Å². The van der Waals surface area contributed by atoms with Crippen molar-refractivity contribution >= 4 is 40.0 Å². The van der Waals surface area contributed by atoms with Gasteiger partial charge in [-0.25, -0.2) is 15.0 Å². The minimum absolute atomic E-state index is 0.0672. The first-order chi connectivity index (χ1) is 16.0. The Kier molecular flexibility index (Phi) is 6.33. The number of pyridine rings is 1. The Morgan fingerprint density at radius 2 is 1.97 bits per heavy atom. The molecule has 0 aliphatic heterocycles. The maximum Gasteiger partial charge on any atom is 0.253 e. The smallest absolute Gasteiger partial charge is 0.253 e. The number of rotatable bonds is 6. The summed E-state index contributed by atoms with van der Waals surface area (Å²) < 4.78 is 0. The minimum Gasteiger partial charge on any atom is -0.382 e. The Balaban J connectivity index is 1.72. The number of para-hydroxylation sites is 1. The molecule has 2 heterocycles. The van der Waals surface area contributed by atoms with Gasteiger partial charge in [-0.3, -0.25) is 4.79 Å². The summed E-state index contributed by atoms with van der Waals surface area (Å²) in [6, 6.07) is 18.3. The molecule has 0 radical (unpaired) electrons. The number of aromatic nitrogens is 3. The van der Waals surface area contributed by atoms with Gasteiger partial charge >= 0.3 is 0 Å². The van der Waals surface area contributed by atoms with Crippen LogP contribution in [0.3, 0.4) is 0 Å². The summed E-state index contributed by atoms with van der Waals surface area (Å²) in [5, 5.41) is 16.7. The van der Waals surface area contributed by atoms with Crippen molar-refractivity contribution in [3.63, 3.8) is 0 Å². The Labute approximate surface area is 195 Å². The number of fused-ring (bicyclic) bond motifs is 1. The number of nitrogens with two attached hydrogens (primary N) is 1. The van der Waals surface area contributed by atoms with Crippen molar-refractivity contribution in [2.24, 2.45) is 0 Å². The average Bonchev–Trinajstić information content (AvgIpc) is 2.83. The molecule has 2 aromatic heterocycles. The molecule has 2 aromatic carbocycles. The number of hydrogen-bond donors (Lipinski definition) is 3. The molecule has 0 bridgehead atoms. The van der Waals surface area contributed by atoms with E-state index in [9.17, 15) is 10.1 Å². The molecule has 4 aromatic rings. The highest BCUT2D eigenvalue weighted by Crippen LogP contribution is 2.29. The monoisotopic (exact) mass is 457 g/mol. The number of carbonyl (C=O) groups is 1. The number of amides is 1. The number of halogens is 1. The topological polar surface area (TPSA) is 130 Å². The fourth-order valence-electron chi connectivity index (χ4n) is 3.45. The standard InChI is InChI=1S/C24H20ClN7O/c1-14(31-23-18(11-26)22(27)29-13-30-23)20-17(10-16-8-5-9-19(25)21(16)32-20)24(33)28-12-15-6-3-2-4-7-15/h2-10,13-14H,12H2,1H3,(H,28,33)(H3,27,29,30,31)/t14-/m0/s1. The van der Waals surface area contributed by atoms with Crippen LogP contribution in [0.5, 0.6) is 0 Å². The van der Waals surface area contributed by atoms with Gasteiger partial charge in [-0.05, 0) is 24.6 Å². The van der Waals surface area contributed by atoms with Gasteiger partial charge in [-0.1, -0.05) is 54.1 Å². The number of carbonyl (C=O) groups excluding carboxylic acids is 1. The van der Waals surface area contributed by atoms with Crippen molar-refractivity contribution in [3.8, 4) is 6.07 Å². The minimum atomic E-state index is -0.496. The van der Waals surface area contributed by atoms with Crippen molar-refractivity contribution in [3.05, 3.63) is 88.3 Å². The van der Waals surface area contributed by atoms with Crippen LogP contribution in [0.1, 0.15) is 40.1 Å². The summed E-state index contributed by atoms with van der Waals surface area (Å²) in [4.78, 5) is 25.9. The molecule has 1 amide bonds. The van der Waals surface area contributed by atoms with Crippen LogP contribution in [0.2, 0.25) is 5.02 Å². The van der Waals surface area contributed by atoms with Gasteiger partial charge in [0.1, 0.15) is 29.6 Å². The highest BCUT2D eigenvalue weighted by molar-refractivity contribution is 6.35. The lowest BCUT2D eigenvalue weighted by atomic mass is 10.0. The lowest BCUT2D eigenvalue weighted by molar-refractivity contribution is 0.0949. The molecule has 0 saturated carbocycles. The molecule has 1 atom stereocenters. The summed E-state index contributed by atoms with van der Waals surface area (Å²) >= 11 is 6.37. The van der Waals surface area contributed by atoms with E-state index in [1.165, 1.54) is 6.33 Å². The van der Waals surface area contributed by atoms with E-state index in [-0.39, 0.29) is 23.1 Å². The first-order valence-corrected chi connectivity index (χ1v) is 10.5. The van der Waals surface area contributed by atoms with Crippen LogP contribution < -0.4 is 16.4 Å². The van der Waals surface area contributed by atoms with Gasteiger partial charge in [-0.2, -0.15) is 5.26 Å². The lowest BCUT2D eigenvalue weighted by Crippen LogP contribution is -2.26. The van der Waals surface area contributed by atoms with E-state index in [1.807, 2.05) is 55.5 Å². The third kappa shape index (κ3) is 4.68. The molecule has 164 valence electrons. The van der Waals surface area contributed by atoms with Crippen LogP contribution >= 0.6 is 11.6 Å². The van der Waals surface area contributed by atoms with Gasteiger partial charge in [-0.15, -0.1) is 0 Å². The number of anilines is 2. The maximum atomic E-state index is 13.2. The normalized spacial score (nSPS) is 11.5. The van der Waals surface area contributed by atoms with Crippen LogP contribution in [0, 0.1) is 11.3 Å². The zero-order chi connectivity index (χ0) is 23.4. The van der Waals surface area contributed by atoms with Crippen molar-refractivity contribution in [1.82, 2.24) is 20.3 Å². The lowest BCUT2D eigenvalue weighted by Gasteiger charge is -2.19. The highest BCUT2D eigenvalue weighted by Gasteiger charge is 2.22. The van der Waals surface area contributed by atoms with Gasteiger partial charge in [0.25, 0.3) is 5.91 Å². The summed E-state index contributed by atoms with van der Waals surface area (Å²) in [5.74, 6) is 0.0475. The Hall–Kier alpha value is -4.22. The predicted octanol–water partition coefficient (Wildman–Crippen LogP) is 4.24. The van der Waals surface area contributed by atoms with E-state index in [0.717, 1.165) is 10.9 Å². The maximum absolute atomic E-state index is 13.2. The van der Waals surface area contributed by atoms with Crippen LogP contribution in [-0.4, -0.2) is 20.9 Å². The van der Waals surface area contributed by atoms with Crippen LogP contribution in [0.4, 0.5) is 11.6 Å². The van der Waals surface area contributed by atoms with Crippen LogP contribution in [-0.2, 0) is 6.54 Å². The third-order valence-corrected chi connectivity index (χ3v) is 5.42. The molecular weight excluding hydrogens is 438 g/mol. The second-order valence-electron chi connectivity index (χ2n) is 7.36. The third-order valence-electron chi connectivity index (χ3n) is 5.12. The predicted molar refractivity (Wildman–Crippen MR) is 128 cm³/mol. The number of nitrogen functional groups attached to an aromatic ring is 1. The molecule has 0 unspecified atom stereocenters. The Morgan fingerprint density at radius 1 is 1.18 bits per heavy atom. The first-order valence-electron chi connectivity index (χ1n) is 10.2. The van der Waals surface area contributed by atoms with Gasteiger partial charge in [0, 0.05) is 11.9 Å². The summed E-state index contributed by atoms with van der Waals surface area (Å²) in [6.07, 6.45) is 1.27. The fourth-order valence-corrected chi connectivity index (χ4v) is 3.68. The van der Waals surface area contributed by atoms with Crippen molar-refractivity contribution in [2.75, 3.05) is 11.1 Å². The molecule has 4 rings (SSSR count). The van der Waals surface area contributed by atoms with Gasteiger partial charge in [0.2, 0.25) is 0 Å². The number of hydrogen-bond acceptors (Lipinski definition) is 7. The first kappa shape index (κ1) is 22.0. The number of nitriles is 1. The second kappa shape index (κ2) is 9.51. The molecule has 0 saturated heterocycles. The highest BCUT2D eigenvalue weighted by atomic mass is 35.5. The molecule has 8 nitrogen and oxygen atoms in total. The SMILES string of the molecule is C[C@H](Nc1ncnc(N)c1C#N)c1nc2c(Cl)cccc2cc1C(=O)NCc1ccccc1. The van der Waals surface area contributed by atoms with Crippen molar-refractivity contribution in [2.45, 2.75) is 19.5 Å². The molecular formula is C24H20ClN7O. The Morgan fingerprint density at radius 3 is 2.73 bits per heavy atom. The van der Waals surface area contributed by atoms with E-state index >= 15 is 0 Å². The van der Waals surface area contributed by atoms with E-state index in [0.29, 0.717) is 28.3 Å². The van der Waals surface area contributed by atoms with Crippen molar-refractivity contribution < 1.29 is 4.79 Å². The van der Waals surface area contributed by atoms with E-state index < -0.39 is 6.04 Å². The molecule has 0 fully saturated rings. The number of nitrogens with zero attached hydrogens (tertiary/aromatic N) is 4. The zero-order valence-electron chi connectivity index (χ0n) is 17.7. The Bertz CT molecular complexity index is 1370. The van der Waals surface area contributed by atoms with E-state index in [4.69, 9.17) is 22.3 Å². The van der Waals surface area contributed by atoms with Crippen LogP contribution in [0.15, 0.2) is 60.9 Å². The van der Waals surface area contributed by atoms with Gasteiger partial charge < -0.3 is 16.4 Å². The van der Waals surface area contributed by atoms with Gasteiger partial charge in [0.05, 0.1) is 27.8 Å². The number of nitrogens with one attached hydrogen (secondary N) is 2. The molecule has 4 N–H and O–H groups in total. The van der Waals surface area contributed by atoms with Crippen molar-refractivity contribution in [1.29, 1.82) is 5.26 Å². The fraction of sp³-hybridized carbons (Fsp3) is 0.125. The average molecular weight is 458 g/mol. The molecule has 0 aliphatic carbocycles. The van der Waals surface area contributed by atoms with E-state index in [1.54, 1.807) is 12.1 Å². The zero-order valence-corrected chi connectivity index (χ0v) is 18.5. The molecule has 0 spiro atoms. The van der Waals surface area contributed by atoms with Crippen LogP contribution in [0.25, 0.3) is 10.9 Å². The largest absolute Gasteiger partial charge is 0.382 e. The quantitative estimate of drug-likeness (QED) is 0.395. The number of benzene rings is 2. The second-order valence-corrected chi connectivity index (χ2v) is 7.77.